The minimum absolute atomic E-state index is 0.266. The molecule has 0 amide bonds. The zero-order valence-electron chi connectivity index (χ0n) is 14.7. The number of carbonyl (C=O) groups is 1. The van der Waals surface area contributed by atoms with Crippen molar-refractivity contribution in [2.45, 2.75) is 50.8 Å². The minimum Gasteiger partial charge on any atom is -0.459 e. The molecule has 0 spiro atoms. The molecule has 4 nitrogen and oxygen atoms in total. The van der Waals surface area contributed by atoms with E-state index in [4.69, 9.17) is 4.74 Å². The summed E-state index contributed by atoms with van der Waals surface area (Å²) in [7, 11) is 2.14. The van der Waals surface area contributed by atoms with Crippen LogP contribution in [0.1, 0.15) is 38.7 Å². The van der Waals surface area contributed by atoms with E-state index >= 15 is 0 Å². The molecule has 1 N–H and O–H groups in total. The largest absolute Gasteiger partial charge is 0.459 e. The van der Waals surface area contributed by atoms with E-state index in [1.54, 1.807) is 12.1 Å². The van der Waals surface area contributed by atoms with Crippen molar-refractivity contribution >= 4 is 5.97 Å². The van der Waals surface area contributed by atoms with Gasteiger partial charge in [0.05, 0.1) is 0 Å². The Bertz CT molecular complexity index is 625. The summed E-state index contributed by atoms with van der Waals surface area (Å²) in [4.78, 5) is 15.1. The fourth-order valence-corrected chi connectivity index (χ4v) is 3.96. The minimum atomic E-state index is -1.61. The topological polar surface area (TPSA) is 49.8 Å². The molecule has 4 heteroatoms. The Labute approximate surface area is 144 Å². The smallest absolute Gasteiger partial charge is 0.343 e. The lowest BCUT2D eigenvalue weighted by Gasteiger charge is -2.33. The van der Waals surface area contributed by atoms with E-state index in [9.17, 15) is 9.90 Å². The molecule has 0 saturated carbocycles. The van der Waals surface area contributed by atoms with Crippen LogP contribution in [0.15, 0.2) is 42.0 Å². The molecule has 1 saturated heterocycles. The van der Waals surface area contributed by atoms with Crippen molar-refractivity contribution in [1.82, 2.24) is 4.90 Å². The van der Waals surface area contributed by atoms with E-state index in [1.165, 1.54) is 12.0 Å². The van der Waals surface area contributed by atoms with Gasteiger partial charge in [0.15, 0.2) is 5.60 Å². The van der Waals surface area contributed by atoms with Crippen molar-refractivity contribution in [3.05, 3.63) is 47.5 Å². The maximum atomic E-state index is 12.7. The van der Waals surface area contributed by atoms with Crippen LogP contribution in [-0.4, -0.2) is 41.7 Å². The van der Waals surface area contributed by atoms with Gasteiger partial charge in [0.1, 0.15) is 6.61 Å². The van der Waals surface area contributed by atoms with Gasteiger partial charge >= 0.3 is 5.97 Å². The van der Waals surface area contributed by atoms with Crippen LogP contribution in [0.3, 0.4) is 0 Å². The van der Waals surface area contributed by atoms with E-state index in [-0.39, 0.29) is 12.5 Å². The summed E-state index contributed by atoms with van der Waals surface area (Å²) in [5.41, 5.74) is 0.139. The van der Waals surface area contributed by atoms with E-state index in [0.29, 0.717) is 17.6 Å². The maximum absolute atomic E-state index is 12.7. The molecule has 0 aliphatic carbocycles. The number of hydrogen-bond acceptors (Lipinski definition) is 4. The molecular formula is C20H27NO3. The molecule has 0 radical (unpaired) electrons. The monoisotopic (exact) mass is 329 g/mol. The molecule has 1 fully saturated rings. The Morgan fingerprint density at radius 3 is 2.71 bits per heavy atom. The molecular weight excluding hydrogens is 302 g/mol. The molecule has 1 aromatic carbocycles. The Hall–Kier alpha value is -1.65. The van der Waals surface area contributed by atoms with E-state index in [1.807, 2.05) is 32.0 Å². The first-order valence-electron chi connectivity index (χ1n) is 8.80. The van der Waals surface area contributed by atoms with Gasteiger partial charge in [0, 0.05) is 12.1 Å². The normalized spacial score (nSPS) is 26.1. The number of carbonyl (C=O) groups excluding carboxylic acids is 1. The lowest BCUT2D eigenvalue weighted by atomic mass is 9.83. The van der Waals surface area contributed by atoms with Gasteiger partial charge in [-0.05, 0) is 43.4 Å². The number of fused-ring (bicyclic) bond motifs is 2. The van der Waals surface area contributed by atoms with Crippen LogP contribution >= 0.6 is 0 Å². The average Bonchev–Trinajstić information content (AvgIpc) is 2.82. The van der Waals surface area contributed by atoms with Gasteiger partial charge in [-0.25, -0.2) is 4.79 Å². The van der Waals surface area contributed by atoms with Crippen LogP contribution in [-0.2, 0) is 15.1 Å². The summed E-state index contributed by atoms with van der Waals surface area (Å²) in [5.74, 6) is -0.835. The maximum Gasteiger partial charge on any atom is 0.343 e. The molecule has 3 rings (SSSR count). The molecule has 0 aromatic heterocycles. The summed E-state index contributed by atoms with van der Waals surface area (Å²) in [5, 5.41) is 11.0. The molecule has 24 heavy (non-hydrogen) atoms. The van der Waals surface area contributed by atoms with Crippen LogP contribution in [0.5, 0.6) is 0 Å². The van der Waals surface area contributed by atoms with Crippen LogP contribution < -0.4 is 0 Å². The lowest BCUT2D eigenvalue weighted by molar-refractivity contribution is -0.171. The number of hydrogen-bond donors (Lipinski definition) is 1. The van der Waals surface area contributed by atoms with Crippen LogP contribution in [0.4, 0.5) is 0 Å². The Morgan fingerprint density at radius 1 is 1.33 bits per heavy atom. The highest BCUT2D eigenvalue weighted by Crippen LogP contribution is 2.35. The summed E-state index contributed by atoms with van der Waals surface area (Å²) in [6.07, 6.45) is 5.56. The summed E-state index contributed by atoms with van der Waals surface area (Å²) < 4.78 is 5.58. The predicted octanol–water partition coefficient (Wildman–Crippen LogP) is 2.87. The predicted molar refractivity (Wildman–Crippen MR) is 93.4 cm³/mol. The third-order valence-corrected chi connectivity index (χ3v) is 5.65. The summed E-state index contributed by atoms with van der Waals surface area (Å²) >= 11 is 0. The van der Waals surface area contributed by atoms with E-state index < -0.39 is 11.6 Å². The van der Waals surface area contributed by atoms with Crippen molar-refractivity contribution in [3.63, 3.8) is 0 Å². The molecule has 1 aromatic rings. The third-order valence-electron chi connectivity index (χ3n) is 5.65. The molecule has 130 valence electrons. The molecule has 2 heterocycles. The average molecular weight is 329 g/mol. The Balaban J connectivity index is 1.72. The first kappa shape index (κ1) is 17.2. The fourth-order valence-electron chi connectivity index (χ4n) is 3.96. The number of aliphatic hydroxyl groups is 1. The third kappa shape index (κ3) is 2.89. The zero-order chi connectivity index (χ0) is 17.3. The van der Waals surface area contributed by atoms with Gasteiger partial charge in [-0.2, -0.15) is 0 Å². The van der Waals surface area contributed by atoms with E-state index in [0.717, 1.165) is 12.8 Å². The van der Waals surface area contributed by atoms with Gasteiger partial charge in [-0.15, -0.1) is 0 Å². The highest BCUT2D eigenvalue weighted by atomic mass is 16.5. The second-order valence-corrected chi connectivity index (χ2v) is 7.29. The number of rotatable bonds is 5. The highest BCUT2D eigenvalue weighted by Gasteiger charge is 2.43. The first-order chi connectivity index (χ1) is 11.4. The molecule has 2 aliphatic rings. The lowest BCUT2D eigenvalue weighted by Crippen LogP contribution is -2.43. The summed E-state index contributed by atoms with van der Waals surface area (Å²) in [6.45, 7) is 3.94. The number of ether oxygens (including phenoxy) is 1. The number of esters is 1. The van der Waals surface area contributed by atoms with Crippen LogP contribution in [0.25, 0.3) is 0 Å². The second kappa shape index (κ2) is 6.69. The van der Waals surface area contributed by atoms with Crippen molar-refractivity contribution < 1.29 is 14.6 Å². The number of benzene rings is 1. The molecule has 1 unspecified atom stereocenters. The van der Waals surface area contributed by atoms with E-state index in [2.05, 4.69) is 18.0 Å². The van der Waals surface area contributed by atoms with Gasteiger partial charge in [-0.3, -0.25) is 4.90 Å². The van der Waals surface area contributed by atoms with Gasteiger partial charge in [-0.1, -0.05) is 50.3 Å². The van der Waals surface area contributed by atoms with Gasteiger partial charge in [0.25, 0.3) is 0 Å². The molecule has 2 aliphatic heterocycles. The van der Waals surface area contributed by atoms with Crippen LogP contribution in [0.2, 0.25) is 0 Å². The van der Waals surface area contributed by atoms with Crippen molar-refractivity contribution in [2.24, 2.45) is 5.92 Å². The van der Waals surface area contributed by atoms with Gasteiger partial charge < -0.3 is 9.84 Å². The number of nitrogens with zero attached hydrogens (tertiary/aromatic N) is 1. The SMILES string of the molecule is CC(C)C(O)(C(=O)OCC1=CC[C@@H]2CC[C@H]1N2C)c1ccccc1. The second-order valence-electron chi connectivity index (χ2n) is 7.29. The van der Waals surface area contributed by atoms with Crippen molar-refractivity contribution in [1.29, 1.82) is 0 Å². The van der Waals surface area contributed by atoms with Crippen LogP contribution in [0, 0.1) is 5.92 Å². The van der Waals surface area contributed by atoms with Gasteiger partial charge in [0.2, 0.25) is 0 Å². The number of likely N-dealkylation sites (N-methyl/N-ethyl adjacent to an activating group) is 1. The quantitative estimate of drug-likeness (QED) is 0.667. The molecule has 3 atom stereocenters. The van der Waals surface area contributed by atoms with Crippen molar-refractivity contribution in [2.75, 3.05) is 13.7 Å². The fraction of sp³-hybridized carbons (Fsp3) is 0.550. The zero-order valence-corrected chi connectivity index (χ0v) is 14.7. The Morgan fingerprint density at radius 2 is 2.04 bits per heavy atom. The highest BCUT2D eigenvalue weighted by molar-refractivity contribution is 5.81. The molecule has 2 bridgehead atoms. The standard InChI is InChI=1S/C20H27NO3/c1-14(2)20(23,16-7-5-4-6-8-16)19(22)24-13-15-9-10-17-11-12-18(15)21(17)3/h4-9,14,17-18,23H,10-13H2,1-3H3/t17-,18-,20?/m1/s1. The Kier molecular flexibility index (Phi) is 4.79. The first-order valence-corrected chi connectivity index (χ1v) is 8.80. The van der Waals surface area contributed by atoms with Crippen molar-refractivity contribution in [3.8, 4) is 0 Å². The summed E-state index contributed by atoms with van der Waals surface area (Å²) in [6, 6.07) is 10.1.